The number of fused-ring (bicyclic) bond motifs is 1. The maximum Gasteiger partial charge on any atom is 0.230 e. The monoisotopic (exact) mass is 392 g/mol. The van der Waals surface area contributed by atoms with Gasteiger partial charge in [0.25, 0.3) is 0 Å². The van der Waals surface area contributed by atoms with E-state index in [0.29, 0.717) is 17.4 Å². The molecule has 1 heterocycles. The van der Waals surface area contributed by atoms with Gasteiger partial charge in [-0.15, -0.1) is 0 Å². The predicted octanol–water partition coefficient (Wildman–Crippen LogP) is 4.98. The lowest BCUT2D eigenvalue weighted by molar-refractivity contribution is -0.119. The van der Waals surface area contributed by atoms with E-state index in [1.165, 1.54) is 31.0 Å². The normalized spacial score (nSPS) is 14.9. The van der Waals surface area contributed by atoms with E-state index in [-0.39, 0.29) is 5.91 Å². The summed E-state index contributed by atoms with van der Waals surface area (Å²) in [6.45, 7) is 0. The zero-order valence-corrected chi connectivity index (χ0v) is 16.6. The largest absolute Gasteiger partial charge is 0.353 e. The molecule has 1 aromatic heterocycles. The van der Waals surface area contributed by atoms with Gasteiger partial charge in [-0.05, 0) is 31.0 Å². The fourth-order valence-corrected chi connectivity index (χ4v) is 4.98. The fraction of sp³-hybridized carbons (Fsp3) is 0.304. The Morgan fingerprint density at radius 2 is 1.75 bits per heavy atom. The molecule has 4 rings (SSSR count). The summed E-state index contributed by atoms with van der Waals surface area (Å²) < 4.78 is 2.08. The van der Waals surface area contributed by atoms with Gasteiger partial charge in [0, 0.05) is 17.1 Å². The first kappa shape index (κ1) is 18.8. The number of carbonyl (C=O) groups is 2. The molecule has 5 heteroatoms. The van der Waals surface area contributed by atoms with Gasteiger partial charge in [-0.3, -0.25) is 9.59 Å². The van der Waals surface area contributed by atoms with Crippen molar-refractivity contribution in [3.63, 3.8) is 0 Å². The summed E-state index contributed by atoms with van der Waals surface area (Å²) in [5, 5.41) is 4.90. The Labute approximate surface area is 169 Å². The van der Waals surface area contributed by atoms with Gasteiger partial charge < -0.3 is 9.88 Å². The van der Waals surface area contributed by atoms with Crippen LogP contribution in [0.25, 0.3) is 16.6 Å². The van der Waals surface area contributed by atoms with Gasteiger partial charge in [0.05, 0.1) is 21.9 Å². The molecule has 0 aliphatic heterocycles. The van der Waals surface area contributed by atoms with Crippen molar-refractivity contribution in [3.8, 4) is 5.69 Å². The average Bonchev–Trinajstić information content (AvgIpc) is 3.07. The Morgan fingerprint density at radius 3 is 2.50 bits per heavy atom. The van der Waals surface area contributed by atoms with Crippen LogP contribution in [0.1, 0.15) is 42.5 Å². The topological polar surface area (TPSA) is 51.1 Å². The van der Waals surface area contributed by atoms with Crippen LogP contribution in [-0.4, -0.2) is 28.6 Å². The molecular weight excluding hydrogens is 368 g/mol. The van der Waals surface area contributed by atoms with Crippen LogP contribution >= 0.6 is 11.8 Å². The standard InChI is InChI=1S/C23H24N2O2S/c26-15-20-19-13-7-8-14-21(19)25(18-11-5-2-6-12-18)23(20)28-16-22(27)24-17-9-3-1-4-10-17/h2,5-8,11-15,17H,1,3-4,9-10,16H2,(H,24,27). The Morgan fingerprint density at radius 1 is 1.04 bits per heavy atom. The van der Waals surface area contributed by atoms with Gasteiger partial charge in [0.1, 0.15) is 0 Å². The molecule has 0 spiro atoms. The van der Waals surface area contributed by atoms with Gasteiger partial charge in [0.2, 0.25) is 5.91 Å². The van der Waals surface area contributed by atoms with E-state index in [9.17, 15) is 9.59 Å². The smallest absolute Gasteiger partial charge is 0.230 e. The highest BCUT2D eigenvalue weighted by molar-refractivity contribution is 8.00. The summed E-state index contributed by atoms with van der Waals surface area (Å²) >= 11 is 1.44. The fourth-order valence-electron chi connectivity index (χ4n) is 3.98. The van der Waals surface area contributed by atoms with Crippen LogP contribution in [0.2, 0.25) is 0 Å². The molecule has 0 radical (unpaired) electrons. The van der Waals surface area contributed by atoms with Gasteiger partial charge in [-0.25, -0.2) is 0 Å². The second-order valence-corrected chi connectivity index (χ2v) is 8.18. The highest BCUT2D eigenvalue weighted by Gasteiger charge is 2.20. The summed E-state index contributed by atoms with van der Waals surface area (Å²) in [4.78, 5) is 24.4. The first-order valence-corrected chi connectivity index (χ1v) is 10.8. The van der Waals surface area contributed by atoms with E-state index in [0.717, 1.165) is 40.7 Å². The van der Waals surface area contributed by atoms with Crippen molar-refractivity contribution in [1.29, 1.82) is 0 Å². The number of nitrogens with one attached hydrogen (secondary N) is 1. The highest BCUT2D eigenvalue weighted by Crippen LogP contribution is 2.35. The van der Waals surface area contributed by atoms with Crippen molar-refractivity contribution in [1.82, 2.24) is 9.88 Å². The van der Waals surface area contributed by atoms with E-state index >= 15 is 0 Å². The number of para-hydroxylation sites is 2. The predicted molar refractivity (Wildman–Crippen MR) is 114 cm³/mol. The van der Waals surface area contributed by atoms with E-state index in [1.807, 2.05) is 54.6 Å². The Kier molecular flexibility index (Phi) is 5.81. The van der Waals surface area contributed by atoms with Crippen LogP contribution in [0.3, 0.4) is 0 Å². The molecule has 1 aliphatic rings. The number of benzene rings is 2. The Hall–Kier alpha value is -2.53. The van der Waals surface area contributed by atoms with E-state index < -0.39 is 0 Å². The number of hydrogen-bond donors (Lipinski definition) is 1. The number of rotatable bonds is 6. The van der Waals surface area contributed by atoms with Crippen LogP contribution in [0.5, 0.6) is 0 Å². The number of thioether (sulfide) groups is 1. The molecule has 0 saturated heterocycles. The molecule has 144 valence electrons. The van der Waals surface area contributed by atoms with Crippen molar-refractivity contribution in [2.45, 2.75) is 43.2 Å². The quantitative estimate of drug-likeness (QED) is 0.475. The summed E-state index contributed by atoms with van der Waals surface area (Å²) in [6.07, 6.45) is 6.69. The third kappa shape index (κ3) is 3.85. The maximum atomic E-state index is 12.5. The number of nitrogens with zero attached hydrogens (tertiary/aromatic N) is 1. The number of carbonyl (C=O) groups excluding carboxylic acids is 2. The molecule has 1 amide bonds. The molecule has 3 aromatic rings. The van der Waals surface area contributed by atoms with Crippen LogP contribution in [-0.2, 0) is 4.79 Å². The molecule has 1 N–H and O–H groups in total. The minimum absolute atomic E-state index is 0.0404. The summed E-state index contributed by atoms with van der Waals surface area (Å²) in [6, 6.07) is 18.2. The third-order valence-electron chi connectivity index (χ3n) is 5.31. The maximum absolute atomic E-state index is 12.5. The average molecular weight is 393 g/mol. The van der Waals surface area contributed by atoms with Crippen molar-refractivity contribution >= 4 is 34.9 Å². The van der Waals surface area contributed by atoms with E-state index in [2.05, 4.69) is 9.88 Å². The number of amides is 1. The lowest BCUT2D eigenvalue weighted by atomic mass is 9.95. The van der Waals surface area contributed by atoms with Gasteiger partial charge in [-0.2, -0.15) is 0 Å². The molecule has 2 aromatic carbocycles. The SMILES string of the molecule is O=Cc1c(SCC(=O)NC2CCCCC2)n(-c2ccccc2)c2ccccc12. The molecule has 1 fully saturated rings. The molecular formula is C23H24N2O2S. The molecule has 4 nitrogen and oxygen atoms in total. The van der Waals surface area contributed by atoms with Crippen LogP contribution in [0.4, 0.5) is 0 Å². The third-order valence-corrected chi connectivity index (χ3v) is 6.39. The van der Waals surface area contributed by atoms with Crippen LogP contribution in [0, 0.1) is 0 Å². The molecule has 1 saturated carbocycles. The first-order valence-electron chi connectivity index (χ1n) is 9.84. The summed E-state index contributed by atoms with van der Waals surface area (Å²) in [5.41, 5.74) is 2.61. The second kappa shape index (κ2) is 8.65. The van der Waals surface area contributed by atoms with Crippen LogP contribution in [0.15, 0.2) is 59.6 Å². The van der Waals surface area contributed by atoms with Gasteiger partial charge in [0.15, 0.2) is 6.29 Å². The highest BCUT2D eigenvalue weighted by atomic mass is 32.2. The van der Waals surface area contributed by atoms with Crippen molar-refractivity contribution in [3.05, 3.63) is 60.2 Å². The van der Waals surface area contributed by atoms with Crippen molar-refractivity contribution < 1.29 is 9.59 Å². The van der Waals surface area contributed by atoms with Gasteiger partial charge in [-0.1, -0.05) is 67.4 Å². The minimum Gasteiger partial charge on any atom is -0.353 e. The first-order chi connectivity index (χ1) is 13.8. The second-order valence-electron chi connectivity index (χ2n) is 7.22. The molecule has 1 aliphatic carbocycles. The Balaban J connectivity index is 1.64. The summed E-state index contributed by atoms with van der Waals surface area (Å²) in [5.74, 6) is 0.346. The van der Waals surface area contributed by atoms with Crippen LogP contribution < -0.4 is 5.32 Å². The molecule has 0 bridgehead atoms. The number of hydrogen-bond acceptors (Lipinski definition) is 3. The molecule has 0 unspecified atom stereocenters. The van der Waals surface area contributed by atoms with Crippen molar-refractivity contribution in [2.75, 3.05) is 5.75 Å². The lowest BCUT2D eigenvalue weighted by Crippen LogP contribution is -2.37. The van der Waals surface area contributed by atoms with Gasteiger partial charge >= 0.3 is 0 Å². The zero-order valence-electron chi connectivity index (χ0n) is 15.8. The van der Waals surface area contributed by atoms with Crippen molar-refractivity contribution in [2.24, 2.45) is 0 Å². The Bertz CT molecular complexity index is 975. The number of aldehydes is 1. The summed E-state index contributed by atoms with van der Waals surface area (Å²) in [7, 11) is 0. The minimum atomic E-state index is 0.0404. The molecule has 0 atom stereocenters. The van der Waals surface area contributed by atoms with E-state index in [4.69, 9.17) is 0 Å². The zero-order chi connectivity index (χ0) is 19.3. The number of aromatic nitrogens is 1. The molecule has 28 heavy (non-hydrogen) atoms. The lowest BCUT2D eigenvalue weighted by Gasteiger charge is -2.22. The van der Waals surface area contributed by atoms with E-state index in [1.54, 1.807) is 0 Å².